The molecule has 0 aliphatic carbocycles. The Morgan fingerprint density at radius 1 is 1.06 bits per heavy atom. The predicted molar refractivity (Wildman–Crippen MR) is 63.6 cm³/mol. The maximum absolute atomic E-state index is 9.72. The van der Waals surface area contributed by atoms with Crippen molar-refractivity contribution in [1.29, 1.82) is 5.26 Å². The fraction of sp³-hybridized carbons (Fsp3) is 0.0714. The van der Waals surface area contributed by atoms with E-state index >= 15 is 0 Å². The fourth-order valence-electron chi connectivity index (χ4n) is 1.46. The molecule has 3 heteroatoms. The van der Waals surface area contributed by atoms with E-state index in [4.69, 9.17) is 10.00 Å². The summed E-state index contributed by atoms with van der Waals surface area (Å²) >= 11 is 0. The van der Waals surface area contributed by atoms with Gasteiger partial charge in [-0.05, 0) is 17.7 Å². The minimum Gasteiger partial charge on any atom is -0.503 e. The third-order valence-electron chi connectivity index (χ3n) is 2.36. The number of phenolic OH excluding ortho intramolecular Hbond substituents is 1. The zero-order valence-corrected chi connectivity index (χ0v) is 9.13. The molecule has 0 saturated heterocycles. The normalized spacial score (nSPS) is 9.59. The molecule has 0 heterocycles. The first-order chi connectivity index (χ1) is 8.31. The highest BCUT2D eigenvalue weighted by molar-refractivity contribution is 5.51. The van der Waals surface area contributed by atoms with Crippen molar-refractivity contribution in [2.45, 2.75) is 6.61 Å². The Hall–Kier alpha value is -2.47. The third kappa shape index (κ3) is 2.56. The van der Waals surface area contributed by atoms with Gasteiger partial charge < -0.3 is 9.84 Å². The van der Waals surface area contributed by atoms with Gasteiger partial charge in [-0.25, -0.2) is 0 Å². The van der Waals surface area contributed by atoms with Crippen LogP contribution in [0.2, 0.25) is 0 Å². The van der Waals surface area contributed by atoms with Gasteiger partial charge in [-0.15, -0.1) is 0 Å². The molecule has 0 bridgehead atoms. The molecular formula is C14H11NO2. The number of ether oxygens (including phenoxy) is 1. The Morgan fingerprint density at radius 2 is 1.82 bits per heavy atom. The van der Waals surface area contributed by atoms with Crippen molar-refractivity contribution in [3.8, 4) is 17.6 Å². The van der Waals surface area contributed by atoms with Gasteiger partial charge in [-0.3, -0.25) is 0 Å². The molecular weight excluding hydrogens is 214 g/mol. The molecule has 0 spiro atoms. The number of rotatable bonds is 3. The number of aromatic hydroxyl groups is 1. The number of nitrogens with zero attached hydrogens (tertiary/aromatic N) is 1. The van der Waals surface area contributed by atoms with Crippen LogP contribution in [0, 0.1) is 11.3 Å². The number of phenols is 1. The monoisotopic (exact) mass is 225 g/mol. The summed E-state index contributed by atoms with van der Waals surface area (Å²) in [6.07, 6.45) is 0. The van der Waals surface area contributed by atoms with Gasteiger partial charge in [0, 0.05) is 0 Å². The third-order valence-corrected chi connectivity index (χ3v) is 2.36. The van der Waals surface area contributed by atoms with Crippen LogP contribution in [0.1, 0.15) is 11.1 Å². The first kappa shape index (κ1) is 11.0. The Morgan fingerprint density at radius 3 is 2.53 bits per heavy atom. The lowest BCUT2D eigenvalue weighted by Crippen LogP contribution is -1.95. The lowest BCUT2D eigenvalue weighted by Gasteiger charge is -2.08. The SMILES string of the molecule is N#Cc1cccc(OCc2ccccc2)c1O. The quantitative estimate of drug-likeness (QED) is 0.873. The second kappa shape index (κ2) is 5.04. The van der Waals surface area contributed by atoms with Crippen LogP contribution in [0.5, 0.6) is 11.5 Å². The van der Waals surface area contributed by atoms with Gasteiger partial charge in [0.05, 0.1) is 5.56 Å². The molecule has 0 fully saturated rings. The first-order valence-corrected chi connectivity index (χ1v) is 5.20. The van der Waals surface area contributed by atoms with Crippen molar-refractivity contribution in [2.75, 3.05) is 0 Å². The van der Waals surface area contributed by atoms with E-state index in [-0.39, 0.29) is 11.3 Å². The minimum absolute atomic E-state index is 0.106. The van der Waals surface area contributed by atoms with Crippen LogP contribution in [-0.2, 0) is 6.61 Å². The molecule has 1 N–H and O–H groups in total. The molecule has 2 aromatic rings. The fourth-order valence-corrected chi connectivity index (χ4v) is 1.46. The van der Waals surface area contributed by atoms with Gasteiger partial charge in [0.1, 0.15) is 12.7 Å². The lowest BCUT2D eigenvalue weighted by molar-refractivity contribution is 0.289. The predicted octanol–water partition coefficient (Wildman–Crippen LogP) is 2.84. The van der Waals surface area contributed by atoms with Gasteiger partial charge in [0.25, 0.3) is 0 Å². The molecule has 84 valence electrons. The lowest BCUT2D eigenvalue weighted by atomic mass is 10.2. The zero-order chi connectivity index (χ0) is 12.1. The molecule has 2 rings (SSSR count). The highest BCUT2D eigenvalue weighted by Gasteiger charge is 2.07. The van der Waals surface area contributed by atoms with Crippen LogP contribution in [0.15, 0.2) is 48.5 Å². The Kier molecular flexibility index (Phi) is 3.27. The maximum Gasteiger partial charge on any atom is 0.175 e. The van der Waals surface area contributed by atoms with Gasteiger partial charge in [0.2, 0.25) is 0 Å². The summed E-state index contributed by atoms with van der Waals surface area (Å²) in [6, 6.07) is 16.4. The number of para-hydroxylation sites is 1. The molecule has 3 nitrogen and oxygen atoms in total. The standard InChI is InChI=1S/C14H11NO2/c15-9-12-7-4-8-13(14(12)16)17-10-11-5-2-1-3-6-11/h1-8,16H,10H2. The van der Waals surface area contributed by atoms with Crippen molar-refractivity contribution in [2.24, 2.45) is 0 Å². The highest BCUT2D eigenvalue weighted by atomic mass is 16.5. The topological polar surface area (TPSA) is 53.2 Å². The highest BCUT2D eigenvalue weighted by Crippen LogP contribution is 2.29. The van der Waals surface area contributed by atoms with Crippen molar-refractivity contribution in [3.63, 3.8) is 0 Å². The summed E-state index contributed by atoms with van der Waals surface area (Å²) in [6.45, 7) is 0.364. The molecule has 0 aromatic heterocycles. The van der Waals surface area contributed by atoms with E-state index in [2.05, 4.69) is 0 Å². The molecule has 0 aliphatic heterocycles. The largest absolute Gasteiger partial charge is 0.503 e. The summed E-state index contributed by atoms with van der Waals surface area (Å²) in [5.41, 5.74) is 1.23. The Bertz CT molecular complexity index is 544. The second-order valence-electron chi connectivity index (χ2n) is 3.54. The van der Waals surface area contributed by atoms with Crippen LogP contribution >= 0.6 is 0 Å². The summed E-state index contributed by atoms with van der Waals surface area (Å²) in [7, 11) is 0. The number of hydrogen-bond acceptors (Lipinski definition) is 3. The Labute approximate surface area is 99.5 Å². The molecule has 2 aromatic carbocycles. The minimum atomic E-state index is -0.106. The van der Waals surface area contributed by atoms with Gasteiger partial charge >= 0.3 is 0 Å². The molecule has 0 radical (unpaired) electrons. The number of benzene rings is 2. The van der Waals surface area contributed by atoms with Crippen LogP contribution in [0.25, 0.3) is 0 Å². The van der Waals surface area contributed by atoms with Crippen molar-refractivity contribution in [3.05, 3.63) is 59.7 Å². The molecule has 0 saturated carbocycles. The maximum atomic E-state index is 9.72. The van der Waals surface area contributed by atoms with Crippen molar-refractivity contribution >= 4 is 0 Å². The Balaban J connectivity index is 2.13. The summed E-state index contributed by atoms with van der Waals surface area (Å²) in [4.78, 5) is 0. The first-order valence-electron chi connectivity index (χ1n) is 5.20. The van der Waals surface area contributed by atoms with E-state index in [1.807, 2.05) is 36.4 Å². The van der Waals surface area contributed by atoms with E-state index in [9.17, 15) is 5.11 Å². The van der Waals surface area contributed by atoms with E-state index in [1.165, 1.54) is 0 Å². The molecule has 17 heavy (non-hydrogen) atoms. The van der Waals surface area contributed by atoms with Gasteiger partial charge in [-0.2, -0.15) is 5.26 Å². The summed E-state index contributed by atoms with van der Waals surface area (Å²) in [5, 5.41) is 18.5. The second-order valence-corrected chi connectivity index (χ2v) is 3.54. The molecule has 0 atom stereocenters. The van der Waals surface area contributed by atoms with Crippen LogP contribution in [-0.4, -0.2) is 5.11 Å². The molecule has 0 unspecified atom stereocenters. The number of nitriles is 1. The van der Waals surface area contributed by atoms with Gasteiger partial charge in [-0.1, -0.05) is 36.4 Å². The summed E-state index contributed by atoms with van der Waals surface area (Å²) in [5.74, 6) is 0.221. The molecule has 0 aliphatic rings. The number of hydrogen-bond donors (Lipinski definition) is 1. The van der Waals surface area contributed by atoms with E-state index in [0.29, 0.717) is 12.4 Å². The molecule has 0 amide bonds. The van der Waals surface area contributed by atoms with Crippen LogP contribution < -0.4 is 4.74 Å². The summed E-state index contributed by atoms with van der Waals surface area (Å²) < 4.78 is 5.46. The van der Waals surface area contributed by atoms with Crippen LogP contribution in [0.4, 0.5) is 0 Å². The smallest absolute Gasteiger partial charge is 0.175 e. The van der Waals surface area contributed by atoms with Crippen molar-refractivity contribution < 1.29 is 9.84 Å². The van der Waals surface area contributed by atoms with E-state index < -0.39 is 0 Å². The zero-order valence-electron chi connectivity index (χ0n) is 9.13. The van der Waals surface area contributed by atoms with E-state index in [0.717, 1.165) is 5.56 Å². The van der Waals surface area contributed by atoms with Crippen LogP contribution in [0.3, 0.4) is 0 Å². The average molecular weight is 225 g/mol. The van der Waals surface area contributed by atoms with Gasteiger partial charge in [0.15, 0.2) is 11.5 Å². The van der Waals surface area contributed by atoms with Crippen molar-refractivity contribution in [1.82, 2.24) is 0 Å². The van der Waals surface area contributed by atoms with E-state index in [1.54, 1.807) is 18.2 Å². The average Bonchev–Trinajstić information content (AvgIpc) is 2.39.